The standard InChI is InChI=1S/C18H30N2O6P2/c1-6-15-17(20-14-12-11-13-16(20)19-15)18(27(21,23-7-2)24-8-3)28(22,25-9-4)26-10-5/h11-14,18H,6-10H2,1-5H3. The summed E-state index contributed by atoms with van der Waals surface area (Å²) in [6, 6.07) is 5.52. The Hall–Kier alpha value is -1.01. The molecule has 10 heteroatoms. The molecule has 0 aromatic carbocycles. The van der Waals surface area contributed by atoms with Gasteiger partial charge in [0.2, 0.25) is 5.40 Å². The lowest BCUT2D eigenvalue weighted by molar-refractivity contribution is 0.194. The van der Waals surface area contributed by atoms with Crippen LogP contribution in [0, 0.1) is 0 Å². The molecule has 158 valence electrons. The van der Waals surface area contributed by atoms with Gasteiger partial charge in [-0.15, -0.1) is 0 Å². The molecule has 0 spiro atoms. The Labute approximate surface area is 166 Å². The van der Waals surface area contributed by atoms with E-state index in [0.29, 0.717) is 23.5 Å². The summed E-state index contributed by atoms with van der Waals surface area (Å²) in [4.78, 5) is 4.62. The third-order valence-corrected chi connectivity index (χ3v) is 9.91. The first-order valence-corrected chi connectivity index (χ1v) is 12.9. The largest absolute Gasteiger partial charge is 0.351 e. The molecule has 0 amide bonds. The third kappa shape index (κ3) is 4.59. The molecular weight excluding hydrogens is 402 g/mol. The summed E-state index contributed by atoms with van der Waals surface area (Å²) in [7, 11) is -7.84. The summed E-state index contributed by atoms with van der Waals surface area (Å²) < 4.78 is 52.0. The van der Waals surface area contributed by atoms with E-state index in [1.54, 1.807) is 38.3 Å². The van der Waals surface area contributed by atoms with E-state index in [4.69, 9.17) is 18.1 Å². The van der Waals surface area contributed by atoms with Gasteiger partial charge in [-0.3, -0.25) is 9.13 Å². The Kier molecular flexibility index (Phi) is 8.44. The predicted octanol–water partition coefficient (Wildman–Crippen LogP) is 5.43. The van der Waals surface area contributed by atoms with Crippen LogP contribution in [0.25, 0.3) is 5.65 Å². The second-order valence-electron chi connectivity index (χ2n) is 5.85. The maximum atomic E-state index is 13.9. The molecule has 2 rings (SSSR count). The zero-order chi connectivity index (χ0) is 20.8. The Morgan fingerprint density at radius 2 is 1.39 bits per heavy atom. The van der Waals surface area contributed by atoms with E-state index in [1.807, 2.05) is 25.1 Å². The highest BCUT2D eigenvalue weighted by molar-refractivity contribution is 7.72. The number of pyridine rings is 1. The van der Waals surface area contributed by atoms with E-state index in [1.165, 1.54) is 0 Å². The van der Waals surface area contributed by atoms with Crippen molar-refractivity contribution in [3.8, 4) is 0 Å². The lowest BCUT2D eigenvalue weighted by atomic mass is 10.3. The van der Waals surface area contributed by atoms with E-state index in [2.05, 4.69) is 4.98 Å². The van der Waals surface area contributed by atoms with Crippen molar-refractivity contribution < 1.29 is 27.2 Å². The van der Waals surface area contributed by atoms with Gasteiger partial charge >= 0.3 is 15.2 Å². The molecule has 0 radical (unpaired) electrons. The molecular formula is C18H30N2O6P2. The van der Waals surface area contributed by atoms with Crippen LogP contribution in [0.2, 0.25) is 0 Å². The van der Waals surface area contributed by atoms with Gasteiger partial charge in [-0.05, 0) is 46.2 Å². The minimum atomic E-state index is -3.92. The minimum absolute atomic E-state index is 0.129. The molecule has 0 N–H and O–H groups in total. The minimum Gasteiger partial charge on any atom is -0.308 e. The molecule has 0 saturated carbocycles. The van der Waals surface area contributed by atoms with Crippen LogP contribution in [0.3, 0.4) is 0 Å². The van der Waals surface area contributed by atoms with Gasteiger partial charge in [0.15, 0.2) is 0 Å². The van der Waals surface area contributed by atoms with E-state index in [0.717, 1.165) is 0 Å². The van der Waals surface area contributed by atoms with Crippen molar-refractivity contribution in [3.05, 3.63) is 35.8 Å². The zero-order valence-electron chi connectivity index (χ0n) is 17.2. The van der Waals surface area contributed by atoms with Crippen LogP contribution in [0.4, 0.5) is 0 Å². The summed E-state index contributed by atoms with van der Waals surface area (Å²) in [5, 5.41) is -1.24. The van der Waals surface area contributed by atoms with Crippen molar-refractivity contribution in [3.63, 3.8) is 0 Å². The Bertz CT molecular complexity index is 819. The topological polar surface area (TPSA) is 88.4 Å². The van der Waals surface area contributed by atoms with Gasteiger partial charge in [0.1, 0.15) is 5.65 Å². The monoisotopic (exact) mass is 432 g/mol. The van der Waals surface area contributed by atoms with E-state index >= 15 is 0 Å². The molecule has 8 nitrogen and oxygen atoms in total. The van der Waals surface area contributed by atoms with Crippen molar-refractivity contribution in [2.24, 2.45) is 0 Å². The molecule has 0 unspecified atom stereocenters. The van der Waals surface area contributed by atoms with Crippen LogP contribution in [0.15, 0.2) is 24.4 Å². The lowest BCUT2D eigenvalue weighted by Gasteiger charge is -2.31. The van der Waals surface area contributed by atoms with Gasteiger partial charge in [0, 0.05) is 6.20 Å². The second-order valence-corrected chi connectivity index (χ2v) is 10.5. The van der Waals surface area contributed by atoms with Crippen molar-refractivity contribution >= 4 is 20.8 Å². The number of aryl methyl sites for hydroxylation is 1. The maximum Gasteiger partial charge on any atom is 0.351 e. The third-order valence-electron chi connectivity index (χ3n) is 4.06. The number of hydrogen-bond acceptors (Lipinski definition) is 7. The summed E-state index contributed by atoms with van der Waals surface area (Å²) in [5.74, 6) is 0. The van der Waals surface area contributed by atoms with Crippen molar-refractivity contribution in [2.45, 2.75) is 46.4 Å². The molecule has 0 atom stereocenters. The van der Waals surface area contributed by atoms with Crippen molar-refractivity contribution in [1.29, 1.82) is 0 Å². The molecule has 2 aromatic rings. The fourth-order valence-electron chi connectivity index (χ4n) is 3.15. The summed E-state index contributed by atoms with van der Waals surface area (Å²) in [6.07, 6.45) is 2.33. The molecule has 28 heavy (non-hydrogen) atoms. The zero-order valence-corrected chi connectivity index (χ0v) is 18.9. The van der Waals surface area contributed by atoms with Crippen LogP contribution < -0.4 is 0 Å². The van der Waals surface area contributed by atoms with E-state index in [9.17, 15) is 9.13 Å². The molecule has 0 saturated heterocycles. The number of hydrogen-bond donors (Lipinski definition) is 0. The van der Waals surface area contributed by atoms with Crippen LogP contribution in [-0.2, 0) is 33.6 Å². The first-order chi connectivity index (χ1) is 13.4. The molecule has 0 bridgehead atoms. The first kappa shape index (κ1) is 23.3. The lowest BCUT2D eigenvalue weighted by Crippen LogP contribution is -2.15. The smallest absolute Gasteiger partial charge is 0.308 e. The summed E-state index contributed by atoms with van der Waals surface area (Å²) in [6.45, 7) is 9.30. The van der Waals surface area contributed by atoms with Gasteiger partial charge in [-0.1, -0.05) is 13.0 Å². The molecule has 0 fully saturated rings. The van der Waals surface area contributed by atoms with Crippen LogP contribution in [0.1, 0.15) is 51.4 Å². The van der Waals surface area contributed by atoms with E-state index < -0.39 is 20.6 Å². The van der Waals surface area contributed by atoms with Crippen molar-refractivity contribution in [2.75, 3.05) is 26.4 Å². The molecule has 0 aliphatic rings. The van der Waals surface area contributed by atoms with Gasteiger partial charge < -0.3 is 22.5 Å². The summed E-state index contributed by atoms with van der Waals surface area (Å²) >= 11 is 0. The number of fused-ring (bicyclic) bond motifs is 1. The molecule has 0 aliphatic heterocycles. The van der Waals surface area contributed by atoms with Crippen LogP contribution >= 0.6 is 15.2 Å². The fraction of sp³-hybridized carbons (Fsp3) is 0.611. The maximum absolute atomic E-state index is 13.9. The number of aromatic nitrogens is 2. The Morgan fingerprint density at radius 3 is 1.82 bits per heavy atom. The normalized spacial score (nSPS) is 12.9. The van der Waals surface area contributed by atoms with Crippen LogP contribution in [-0.4, -0.2) is 35.8 Å². The second kappa shape index (κ2) is 10.1. The highest BCUT2D eigenvalue weighted by Gasteiger charge is 2.54. The van der Waals surface area contributed by atoms with Gasteiger partial charge in [0.05, 0.1) is 37.8 Å². The average Bonchev–Trinajstić information content (AvgIpc) is 3.01. The number of rotatable bonds is 12. The van der Waals surface area contributed by atoms with Crippen LogP contribution in [0.5, 0.6) is 0 Å². The highest BCUT2D eigenvalue weighted by Crippen LogP contribution is 2.78. The number of nitrogens with zero attached hydrogens (tertiary/aromatic N) is 2. The van der Waals surface area contributed by atoms with Gasteiger partial charge in [-0.25, -0.2) is 4.98 Å². The van der Waals surface area contributed by atoms with E-state index in [-0.39, 0.29) is 26.4 Å². The quantitative estimate of drug-likeness (QED) is 0.413. The first-order valence-electron chi connectivity index (χ1n) is 9.64. The predicted molar refractivity (Wildman–Crippen MR) is 109 cm³/mol. The molecule has 2 aromatic heterocycles. The van der Waals surface area contributed by atoms with Gasteiger partial charge in [0.25, 0.3) is 0 Å². The SMILES string of the molecule is CCOP(=O)(OCC)C(c1c(CC)nc2ccccn12)P(=O)(OCC)OCC. The summed E-state index contributed by atoms with van der Waals surface area (Å²) in [5.41, 5.74) is 1.78. The average molecular weight is 432 g/mol. The molecule has 0 aliphatic carbocycles. The van der Waals surface area contributed by atoms with Gasteiger partial charge in [-0.2, -0.15) is 0 Å². The Morgan fingerprint density at radius 1 is 0.893 bits per heavy atom. The highest BCUT2D eigenvalue weighted by atomic mass is 31.2. The Balaban J connectivity index is 2.86. The number of imidazole rings is 1. The molecule has 2 heterocycles. The van der Waals surface area contributed by atoms with Crippen molar-refractivity contribution in [1.82, 2.24) is 9.38 Å². The fourth-order valence-corrected chi connectivity index (χ4v) is 8.63.